The number of fused-ring (bicyclic) bond motifs is 3. The van der Waals surface area contributed by atoms with Crippen LogP contribution in [0.1, 0.15) is 80.6 Å². The van der Waals surface area contributed by atoms with Crippen molar-refractivity contribution in [1.29, 1.82) is 0 Å². The van der Waals surface area contributed by atoms with Gasteiger partial charge in [-0.2, -0.15) is 21.6 Å². The Morgan fingerprint density at radius 1 is 1.09 bits per heavy atom. The average molecular weight is 541 g/mol. The fourth-order valence-corrected chi connectivity index (χ4v) is 8.08. The van der Waals surface area contributed by atoms with Gasteiger partial charge in [-0.05, 0) is 73.6 Å². The molecule has 35 heavy (non-hydrogen) atoms. The Labute approximate surface area is 210 Å². The molecule has 0 radical (unpaired) electrons. The second-order valence-corrected chi connectivity index (χ2v) is 19.8. The Morgan fingerprint density at radius 2 is 1.69 bits per heavy atom. The lowest BCUT2D eigenvalue weighted by atomic mass is 9.45. The minimum absolute atomic E-state index is 0.0519. The van der Waals surface area contributed by atoms with Crippen molar-refractivity contribution in [1.82, 2.24) is 0 Å². The first-order chi connectivity index (χ1) is 15.6. The van der Waals surface area contributed by atoms with Crippen LogP contribution < -0.4 is 0 Å². The summed E-state index contributed by atoms with van der Waals surface area (Å²) in [6.45, 7) is 18.9. The molecule has 0 aromatic carbocycles. The monoisotopic (exact) mass is 540 g/mol. The lowest BCUT2D eigenvalue weighted by Crippen LogP contribution is -2.61. The third kappa shape index (κ3) is 5.23. The van der Waals surface area contributed by atoms with Gasteiger partial charge in [-0.3, -0.25) is 0 Å². The maximum absolute atomic E-state index is 13.3. The van der Waals surface area contributed by atoms with Crippen molar-refractivity contribution >= 4 is 18.4 Å². The van der Waals surface area contributed by atoms with E-state index in [9.17, 15) is 21.6 Å². The standard InChI is InChI=1S/C25H43F3O5SSi/c1-21(2,3)35(8,9)31-16-18-17(33-34(29,30)25(26,27)28)15-20-23(6)13-10-12-22(4,5)19(23)11-14-24(20,7)32-18/h15,18-20H,10-14,16H2,1-9H3/t18?,19-,20+,23-,24+/m1/s1. The van der Waals surface area contributed by atoms with Crippen LogP contribution in [0.3, 0.4) is 0 Å². The molecule has 0 aromatic heterocycles. The van der Waals surface area contributed by atoms with E-state index in [1.165, 1.54) is 0 Å². The molecule has 5 atom stereocenters. The van der Waals surface area contributed by atoms with Gasteiger partial charge in [0.05, 0.1) is 12.2 Å². The van der Waals surface area contributed by atoms with Crippen molar-refractivity contribution in [2.45, 2.75) is 116 Å². The first kappa shape index (κ1) is 29.0. The van der Waals surface area contributed by atoms with Gasteiger partial charge in [0.25, 0.3) is 0 Å². The van der Waals surface area contributed by atoms with Gasteiger partial charge in [0.1, 0.15) is 11.9 Å². The van der Waals surface area contributed by atoms with Crippen molar-refractivity contribution in [3.8, 4) is 0 Å². The van der Waals surface area contributed by atoms with E-state index in [0.717, 1.165) is 32.1 Å². The van der Waals surface area contributed by atoms with Crippen LogP contribution in [0.2, 0.25) is 18.1 Å². The highest BCUT2D eigenvalue weighted by atomic mass is 32.2. The normalized spacial score (nSPS) is 36.1. The van der Waals surface area contributed by atoms with E-state index in [1.807, 2.05) is 20.0 Å². The van der Waals surface area contributed by atoms with Gasteiger partial charge in [-0.1, -0.05) is 48.0 Å². The van der Waals surface area contributed by atoms with Crippen LogP contribution >= 0.6 is 0 Å². The number of hydrogen-bond donors (Lipinski definition) is 0. The number of rotatable bonds is 5. The van der Waals surface area contributed by atoms with Gasteiger partial charge in [-0.25, -0.2) is 0 Å². The molecule has 204 valence electrons. The van der Waals surface area contributed by atoms with E-state index in [1.54, 1.807) is 6.08 Å². The first-order valence-electron chi connectivity index (χ1n) is 12.6. The van der Waals surface area contributed by atoms with Crippen LogP contribution in [0.25, 0.3) is 0 Å². The Balaban J connectivity index is 2.04. The summed E-state index contributed by atoms with van der Waals surface area (Å²) in [5.41, 5.74) is -6.32. The van der Waals surface area contributed by atoms with E-state index < -0.39 is 35.6 Å². The lowest BCUT2D eigenvalue weighted by molar-refractivity contribution is -0.207. The Hall–Kier alpha value is -0.583. The van der Waals surface area contributed by atoms with Crippen LogP contribution in [0.5, 0.6) is 0 Å². The van der Waals surface area contributed by atoms with Crippen LogP contribution in [-0.4, -0.2) is 40.6 Å². The number of ether oxygens (including phenoxy) is 1. The Morgan fingerprint density at radius 3 is 2.23 bits per heavy atom. The quantitative estimate of drug-likeness (QED) is 0.210. The summed E-state index contributed by atoms with van der Waals surface area (Å²) in [4.78, 5) is 0. The van der Waals surface area contributed by atoms with Crippen molar-refractivity contribution in [2.75, 3.05) is 6.61 Å². The molecule has 1 unspecified atom stereocenters. The summed E-state index contributed by atoms with van der Waals surface area (Å²) in [7, 11) is -8.11. The van der Waals surface area contributed by atoms with Gasteiger partial charge in [0.15, 0.2) is 8.32 Å². The molecule has 0 amide bonds. The summed E-state index contributed by atoms with van der Waals surface area (Å²) < 4.78 is 81.6. The van der Waals surface area contributed by atoms with E-state index in [0.29, 0.717) is 5.92 Å². The van der Waals surface area contributed by atoms with Crippen LogP contribution in [0, 0.1) is 22.7 Å². The fraction of sp³-hybridized carbons (Fsp3) is 0.920. The highest BCUT2D eigenvalue weighted by Gasteiger charge is 2.61. The lowest BCUT2D eigenvalue weighted by Gasteiger charge is -2.63. The molecule has 3 rings (SSSR count). The number of halogens is 3. The maximum Gasteiger partial charge on any atom is 0.534 e. The summed E-state index contributed by atoms with van der Waals surface area (Å²) in [5.74, 6) is -0.216. The number of alkyl halides is 3. The predicted octanol–water partition coefficient (Wildman–Crippen LogP) is 7.16. The van der Waals surface area contributed by atoms with Crippen LogP contribution in [0.15, 0.2) is 11.8 Å². The molecule has 0 bridgehead atoms. The van der Waals surface area contributed by atoms with Crippen molar-refractivity contribution in [2.24, 2.45) is 22.7 Å². The summed E-state index contributed by atoms with van der Waals surface area (Å²) >= 11 is 0. The third-order valence-electron chi connectivity index (χ3n) is 9.52. The smallest absolute Gasteiger partial charge is 0.414 e. The maximum atomic E-state index is 13.3. The molecule has 0 saturated heterocycles. The van der Waals surface area contributed by atoms with Gasteiger partial charge < -0.3 is 13.3 Å². The van der Waals surface area contributed by atoms with Gasteiger partial charge >= 0.3 is 15.6 Å². The SMILES string of the molecule is CC1(C)CCC[C@]2(C)[C@@H]1CC[C@]1(C)OC(CO[Si](C)(C)C(C)(C)C)C(OS(=O)(=O)C(F)(F)F)=C[C@@H]21. The van der Waals surface area contributed by atoms with Gasteiger partial charge in [-0.15, -0.1) is 0 Å². The third-order valence-corrected chi connectivity index (χ3v) is 15.0. The van der Waals surface area contributed by atoms with E-state index in [4.69, 9.17) is 13.3 Å². The van der Waals surface area contributed by atoms with Gasteiger partial charge in [0, 0.05) is 5.92 Å². The summed E-state index contributed by atoms with van der Waals surface area (Å²) in [6.07, 6.45) is 5.32. The molecule has 0 aromatic rings. The molecule has 2 aliphatic carbocycles. The van der Waals surface area contributed by atoms with E-state index in [2.05, 4.69) is 41.5 Å². The molecule has 1 heterocycles. The first-order valence-corrected chi connectivity index (χ1v) is 16.9. The molecule has 2 fully saturated rings. The highest BCUT2D eigenvalue weighted by Crippen LogP contribution is 2.64. The minimum Gasteiger partial charge on any atom is -0.414 e. The van der Waals surface area contributed by atoms with Crippen LogP contribution in [-0.2, 0) is 23.5 Å². The van der Waals surface area contributed by atoms with Gasteiger partial charge in [0.2, 0.25) is 0 Å². The molecule has 1 aliphatic heterocycles. The molecule has 3 aliphatic rings. The predicted molar refractivity (Wildman–Crippen MR) is 133 cm³/mol. The largest absolute Gasteiger partial charge is 0.534 e. The van der Waals surface area contributed by atoms with Crippen molar-refractivity contribution in [3.63, 3.8) is 0 Å². The Kier molecular flexibility index (Phi) is 7.23. The van der Waals surface area contributed by atoms with E-state index >= 15 is 0 Å². The zero-order chi connectivity index (χ0) is 26.9. The zero-order valence-corrected chi connectivity index (χ0v) is 24.5. The second-order valence-electron chi connectivity index (χ2n) is 13.5. The van der Waals surface area contributed by atoms with Crippen LogP contribution in [0.4, 0.5) is 13.2 Å². The molecule has 10 heteroatoms. The molecular formula is C25H43F3O5SSi. The molecule has 2 saturated carbocycles. The molecular weight excluding hydrogens is 497 g/mol. The van der Waals surface area contributed by atoms with E-state index in [-0.39, 0.29) is 34.2 Å². The summed E-state index contributed by atoms with van der Waals surface area (Å²) in [6, 6.07) is 0. The second kappa shape index (κ2) is 8.73. The molecule has 5 nitrogen and oxygen atoms in total. The average Bonchev–Trinajstić information content (AvgIpc) is 2.64. The Bertz CT molecular complexity index is 953. The fourth-order valence-electron chi connectivity index (χ4n) is 6.57. The minimum atomic E-state index is -5.83. The summed E-state index contributed by atoms with van der Waals surface area (Å²) in [5, 5.41) is -0.129. The molecule has 0 spiro atoms. The highest BCUT2D eigenvalue weighted by molar-refractivity contribution is 7.87. The zero-order valence-electron chi connectivity index (χ0n) is 22.6. The topological polar surface area (TPSA) is 61.8 Å². The molecule has 0 N–H and O–H groups in total. The van der Waals surface area contributed by atoms with Crippen molar-refractivity contribution in [3.05, 3.63) is 11.8 Å². The number of hydrogen-bond acceptors (Lipinski definition) is 5. The van der Waals surface area contributed by atoms with Crippen molar-refractivity contribution < 1.29 is 34.9 Å².